The van der Waals surface area contributed by atoms with E-state index in [0.717, 1.165) is 44.9 Å². The molecule has 0 bridgehead atoms. The molecule has 3 nitrogen and oxygen atoms in total. The first kappa shape index (κ1) is 24.1. The molecule has 1 N–H and O–H groups in total. The summed E-state index contributed by atoms with van der Waals surface area (Å²) < 4.78 is 0. The fourth-order valence-corrected chi connectivity index (χ4v) is 3.46. The Labute approximate surface area is 156 Å². The Morgan fingerprint density at radius 1 is 0.640 bits per heavy atom. The predicted molar refractivity (Wildman–Crippen MR) is 106 cm³/mol. The minimum absolute atomic E-state index is 0.311. The monoisotopic (exact) mass is 354 g/mol. The van der Waals surface area contributed by atoms with Crippen molar-refractivity contribution in [1.29, 1.82) is 0 Å². The second-order valence-corrected chi connectivity index (χ2v) is 7.52. The number of hydrogen-bond donors (Lipinski definition) is 1. The Bertz CT molecular complexity index is 325. The van der Waals surface area contributed by atoms with Gasteiger partial charge in [-0.3, -0.25) is 9.59 Å². The number of carboxylic acid groups (broad SMARTS) is 1. The molecule has 1 atom stereocenters. The van der Waals surface area contributed by atoms with Crippen LogP contribution in [0.2, 0.25) is 0 Å². The Kier molecular flexibility index (Phi) is 17.3. The molecule has 0 aromatic heterocycles. The van der Waals surface area contributed by atoms with Crippen LogP contribution in [-0.2, 0) is 9.59 Å². The lowest BCUT2D eigenvalue weighted by molar-refractivity contribution is -0.137. The minimum atomic E-state index is -0.679. The Morgan fingerprint density at radius 2 is 1.12 bits per heavy atom. The van der Waals surface area contributed by atoms with E-state index in [4.69, 9.17) is 5.11 Å². The van der Waals surface area contributed by atoms with Crippen LogP contribution in [0, 0.1) is 5.92 Å². The smallest absolute Gasteiger partial charge is 0.303 e. The maximum atomic E-state index is 12.3. The molecule has 0 spiro atoms. The summed E-state index contributed by atoms with van der Waals surface area (Å²) in [7, 11) is 0. The van der Waals surface area contributed by atoms with Gasteiger partial charge in [-0.15, -0.1) is 0 Å². The zero-order chi connectivity index (χ0) is 18.8. The molecule has 0 aliphatic rings. The van der Waals surface area contributed by atoms with Crippen molar-refractivity contribution < 1.29 is 14.7 Å². The van der Waals surface area contributed by atoms with Gasteiger partial charge in [0.2, 0.25) is 0 Å². The van der Waals surface area contributed by atoms with Crippen LogP contribution in [-0.4, -0.2) is 16.9 Å². The van der Waals surface area contributed by atoms with Gasteiger partial charge in [-0.25, -0.2) is 0 Å². The topological polar surface area (TPSA) is 54.4 Å². The van der Waals surface area contributed by atoms with Gasteiger partial charge in [0.05, 0.1) is 0 Å². The number of unbranched alkanes of at least 4 members (excludes halogenated alkanes) is 10. The van der Waals surface area contributed by atoms with Crippen molar-refractivity contribution in [1.82, 2.24) is 0 Å². The molecule has 0 radical (unpaired) electrons. The molecule has 148 valence electrons. The lowest BCUT2D eigenvalue weighted by atomic mass is 9.89. The molecule has 0 rings (SSSR count). The van der Waals surface area contributed by atoms with Gasteiger partial charge in [-0.1, -0.05) is 84.5 Å². The van der Waals surface area contributed by atoms with Crippen molar-refractivity contribution in [2.45, 2.75) is 123 Å². The number of aliphatic carboxylic acids is 1. The van der Waals surface area contributed by atoms with Gasteiger partial charge in [0.25, 0.3) is 0 Å². The summed E-state index contributed by atoms with van der Waals surface area (Å²) in [6.45, 7) is 4.33. The van der Waals surface area contributed by atoms with E-state index < -0.39 is 5.97 Å². The number of carbonyl (C=O) groups excluding carboxylic acids is 1. The van der Waals surface area contributed by atoms with Crippen LogP contribution in [0.1, 0.15) is 123 Å². The largest absolute Gasteiger partial charge is 0.481 e. The summed E-state index contributed by atoms with van der Waals surface area (Å²) >= 11 is 0. The molecule has 25 heavy (non-hydrogen) atoms. The molecular formula is C22H42O3. The first-order valence-corrected chi connectivity index (χ1v) is 10.9. The number of ketones is 1. The molecule has 1 unspecified atom stereocenters. The highest BCUT2D eigenvalue weighted by atomic mass is 16.4. The quantitative estimate of drug-likeness (QED) is 0.256. The van der Waals surface area contributed by atoms with Crippen molar-refractivity contribution in [3.63, 3.8) is 0 Å². The molecule has 0 saturated heterocycles. The highest BCUT2D eigenvalue weighted by Gasteiger charge is 2.16. The van der Waals surface area contributed by atoms with E-state index in [0.29, 0.717) is 18.1 Å². The predicted octanol–water partition coefficient (Wildman–Crippen LogP) is 6.93. The van der Waals surface area contributed by atoms with Crippen LogP contribution in [0.15, 0.2) is 0 Å². The summed E-state index contributed by atoms with van der Waals surface area (Å²) in [5.41, 5.74) is 0. The third-order valence-corrected chi connectivity index (χ3v) is 5.05. The van der Waals surface area contributed by atoms with Crippen LogP contribution in [0.25, 0.3) is 0 Å². The third kappa shape index (κ3) is 16.4. The van der Waals surface area contributed by atoms with Crippen molar-refractivity contribution in [3.8, 4) is 0 Å². The lowest BCUT2D eigenvalue weighted by Crippen LogP contribution is -2.14. The number of hydrogen-bond acceptors (Lipinski definition) is 2. The molecular weight excluding hydrogens is 312 g/mol. The average molecular weight is 355 g/mol. The zero-order valence-electron chi connectivity index (χ0n) is 16.9. The molecule has 3 heteroatoms. The van der Waals surface area contributed by atoms with E-state index >= 15 is 0 Å². The standard InChI is InChI=1S/C22H42O3/c1-3-5-6-13-17-20(21(23)16-4-2)18-14-11-9-7-8-10-12-15-19-22(24)25/h20H,3-19H2,1-2H3,(H,24,25). The van der Waals surface area contributed by atoms with E-state index in [2.05, 4.69) is 13.8 Å². The van der Waals surface area contributed by atoms with Gasteiger partial charge in [0.1, 0.15) is 5.78 Å². The molecule has 0 aromatic carbocycles. The Morgan fingerprint density at radius 3 is 1.60 bits per heavy atom. The number of carbonyl (C=O) groups is 2. The van der Waals surface area contributed by atoms with Gasteiger partial charge in [0.15, 0.2) is 0 Å². The molecule has 0 saturated carbocycles. The number of Topliss-reactive ketones (excluding diaryl/α,β-unsaturated/α-hetero) is 1. The fraction of sp³-hybridized carbons (Fsp3) is 0.909. The van der Waals surface area contributed by atoms with Crippen LogP contribution in [0.3, 0.4) is 0 Å². The summed E-state index contributed by atoms with van der Waals surface area (Å²) in [6.07, 6.45) is 18.4. The number of rotatable bonds is 19. The highest BCUT2D eigenvalue weighted by Crippen LogP contribution is 2.21. The Hall–Kier alpha value is -0.860. The van der Waals surface area contributed by atoms with E-state index in [-0.39, 0.29) is 0 Å². The zero-order valence-corrected chi connectivity index (χ0v) is 16.9. The molecule has 0 fully saturated rings. The third-order valence-electron chi connectivity index (χ3n) is 5.05. The normalized spacial score (nSPS) is 12.2. The molecule has 0 heterocycles. The summed E-state index contributed by atoms with van der Waals surface area (Å²) in [4.78, 5) is 22.7. The van der Waals surface area contributed by atoms with Crippen molar-refractivity contribution >= 4 is 11.8 Å². The van der Waals surface area contributed by atoms with Crippen molar-refractivity contribution in [2.24, 2.45) is 5.92 Å². The van der Waals surface area contributed by atoms with Gasteiger partial charge in [-0.05, 0) is 25.7 Å². The average Bonchev–Trinajstić information content (AvgIpc) is 2.58. The maximum Gasteiger partial charge on any atom is 0.303 e. The second kappa shape index (κ2) is 17.9. The first-order chi connectivity index (χ1) is 12.1. The van der Waals surface area contributed by atoms with Crippen LogP contribution in [0.5, 0.6) is 0 Å². The summed E-state index contributed by atoms with van der Waals surface area (Å²) in [5, 5.41) is 8.59. The molecule has 0 amide bonds. The van der Waals surface area contributed by atoms with Gasteiger partial charge < -0.3 is 5.11 Å². The SMILES string of the molecule is CCCCCCC(CCCCCCCCCCC(=O)O)C(=O)CCC. The van der Waals surface area contributed by atoms with Crippen LogP contribution in [0.4, 0.5) is 0 Å². The van der Waals surface area contributed by atoms with Gasteiger partial charge in [0, 0.05) is 18.8 Å². The van der Waals surface area contributed by atoms with Crippen LogP contribution >= 0.6 is 0 Å². The van der Waals surface area contributed by atoms with E-state index in [1.807, 2.05) is 0 Å². The highest BCUT2D eigenvalue weighted by molar-refractivity contribution is 5.80. The van der Waals surface area contributed by atoms with Crippen molar-refractivity contribution in [2.75, 3.05) is 0 Å². The first-order valence-electron chi connectivity index (χ1n) is 10.9. The molecule has 0 aliphatic carbocycles. The van der Waals surface area contributed by atoms with E-state index in [1.54, 1.807) is 0 Å². The second-order valence-electron chi connectivity index (χ2n) is 7.52. The number of carboxylic acids is 1. The Balaban J connectivity index is 3.68. The minimum Gasteiger partial charge on any atom is -0.481 e. The van der Waals surface area contributed by atoms with Gasteiger partial charge >= 0.3 is 5.97 Å². The maximum absolute atomic E-state index is 12.3. The van der Waals surface area contributed by atoms with Gasteiger partial charge in [-0.2, -0.15) is 0 Å². The van der Waals surface area contributed by atoms with E-state index in [1.165, 1.54) is 57.8 Å². The molecule has 0 aromatic rings. The summed E-state index contributed by atoms with van der Waals surface area (Å²) in [6, 6.07) is 0. The molecule has 0 aliphatic heterocycles. The summed E-state index contributed by atoms with van der Waals surface area (Å²) in [5.74, 6) is 0.132. The lowest BCUT2D eigenvalue weighted by Gasteiger charge is -2.15. The van der Waals surface area contributed by atoms with Crippen LogP contribution < -0.4 is 0 Å². The van der Waals surface area contributed by atoms with E-state index in [9.17, 15) is 9.59 Å². The fourth-order valence-electron chi connectivity index (χ4n) is 3.46. The van der Waals surface area contributed by atoms with Crippen molar-refractivity contribution in [3.05, 3.63) is 0 Å².